The van der Waals surface area contributed by atoms with Gasteiger partial charge in [0.1, 0.15) is 6.04 Å². The predicted octanol–water partition coefficient (Wildman–Crippen LogP) is 0.537. The van der Waals surface area contributed by atoms with E-state index < -0.39 is 29.4 Å². The number of hydrogen-bond acceptors (Lipinski definition) is 3. The van der Waals surface area contributed by atoms with Crippen molar-refractivity contribution in [3.63, 3.8) is 0 Å². The molecule has 2 unspecified atom stereocenters. The van der Waals surface area contributed by atoms with Crippen molar-refractivity contribution in [2.24, 2.45) is 11.1 Å². The van der Waals surface area contributed by atoms with Gasteiger partial charge in [-0.3, -0.25) is 9.59 Å². The molecule has 1 rings (SSSR count). The van der Waals surface area contributed by atoms with Gasteiger partial charge in [-0.05, 0) is 32.6 Å². The second kappa shape index (κ2) is 6.58. The molecule has 20 heavy (non-hydrogen) atoms. The molecule has 4 N–H and O–H groups in total. The number of nitrogens with two attached hydrogens (primary N) is 1. The molecule has 1 fully saturated rings. The van der Waals surface area contributed by atoms with E-state index in [1.54, 1.807) is 13.8 Å². The van der Waals surface area contributed by atoms with Crippen LogP contribution in [0.4, 0.5) is 4.79 Å². The lowest BCUT2D eigenvalue weighted by atomic mass is 9.88. The van der Waals surface area contributed by atoms with Crippen LogP contribution in [-0.4, -0.2) is 47.0 Å². The van der Waals surface area contributed by atoms with Gasteiger partial charge < -0.3 is 21.1 Å². The summed E-state index contributed by atoms with van der Waals surface area (Å²) in [7, 11) is 0. The van der Waals surface area contributed by atoms with Gasteiger partial charge in [-0.15, -0.1) is 0 Å². The number of piperidine rings is 1. The van der Waals surface area contributed by atoms with E-state index in [1.807, 2.05) is 0 Å². The minimum atomic E-state index is -1.01. The first-order chi connectivity index (χ1) is 9.31. The molecule has 1 saturated heterocycles. The van der Waals surface area contributed by atoms with E-state index in [9.17, 15) is 14.4 Å². The Morgan fingerprint density at radius 1 is 1.40 bits per heavy atom. The number of carboxylic acid groups (broad SMARTS) is 1. The molecule has 0 bridgehead atoms. The van der Waals surface area contributed by atoms with Crippen molar-refractivity contribution in [2.75, 3.05) is 13.1 Å². The molecule has 0 spiro atoms. The van der Waals surface area contributed by atoms with Crippen LogP contribution in [0.25, 0.3) is 0 Å². The fourth-order valence-corrected chi connectivity index (χ4v) is 2.19. The lowest BCUT2D eigenvalue weighted by Crippen LogP contribution is -2.55. The minimum absolute atomic E-state index is 0.0274. The van der Waals surface area contributed by atoms with Crippen LogP contribution < -0.4 is 11.1 Å². The second-order valence-corrected chi connectivity index (χ2v) is 5.49. The van der Waals surface area contributed by atoms with Gasteiger partial charge in [0.2, 0.25) is 5.91 Å². The van der Waals surface area contributed by atoms with E-state index >= 15 is 0 Å². The van der Waals surface area contributed by atoms with Crippen molar-refractivity contribution >= 4 is 17.9 Å². The van der Waals surface area contributed by atoms with Gasteiger partial charge in [-0.2, -0.15) is 0 Å². The first-order valence-electron chi connectivity index (χ1n) is 6.89. The third-order valence-corrected chi connectivity index (χ3v) is 4.02. The molecule has 7 nitrogen and oxygen atoms in total. The number of aliphatic carboxylic acids is 1. The summed E-state index contributed by atoms with van der Waals surface area (Å²) in [5.41, 5.74) is 4.29. The van der Waals surface area contributed by atoms with Gasteiger partial charge in [0.25, 0.3) is 0 Å². The summed E-state index contributed by atoms with van der Waals surface area (Å²) in [5, 5.41) is 11.8. The highest BCUT2D eigenvalue weighted by atomic mass is 16.4. The van der Waals surface area contributed by atoms with Crippen LogP contribution in [0.15, 0.2) is 0 Å². The Morgan fingerprint density at radius 2 is 2.05 bits per heavy atom. The topological polar surface area (TPSA) is 113 Å². The smallest absolute Gasteiger partial charge is 0.318 e. The molecule has 1 aliphatic heterocycles. The van der Waals surface area contributed by atoms with Gasteiger partial charge in [0, 0.05) is 13.1 Å². The number of rotatable bonds is 5. The number of carbonyl (C=O) groups is 3. The molecular formula is C13H23N3O4. The summed E-state index contributed by atoms with van der Waals surface area (Å²) in [6.07, 6.45) is 2.65. The van der Waals surface area contributed by atoms with E-state index in [-0.39, 0.29) is 6.54 Å². The van der Waals surface area contributed by atoms with Crippen molar-refractivity contribution in [1.29, 1.82) is 0 Å². The van der Waals surface area contributed by atoms with Crippen LogP contribution in [0.3, 0.4) is 0 Å². The monoisotopic (exact) mass is 285 g/mol. The van der Waals surface area contributed by atoms with Crippen LogP contribution >= 0.6 is 0 Å². The van der Waals surface area contributed by atoms with Crippen LogP contribution in [0.2, 0.25) is 0 Å². The molecule has 0 radical (unpaired) electrons. The summed E-state index contributed by atoms with van der Waals surface area (Å²) in [5.74, 6) is -1.47. The number of nitrogens with zero attached hydrogens (tertiary/aromatic N) is 1. The van der Waals surface area contributed by atoms with Gasteiger partial charge >= 0.3 is 12.0 Å². The number of carbonyl (C=O) groups excluding carboxylic acids is 2. The minimum Gasteiger partial charge on any atom is -0.481 e. The zero-order valence-corrected chi connectivity index (χ0v) is 12.0. The summed E-state index contributed by atoms with van der Waals surface area (Å²) < 4.78 is 0. The third kappa shape index (κ3) is 3.61. The van der Waals surface area contributed by atoms with Crippen LogP contribution in [0, 0.1) is 5.41 Å². The lowest BCUT2D eigenvalue weighted by Gasteiger charge is -2.34. The number of carboxylic acids is 1. The molecule has 0 saturated carbocycles. The molecule has 0 aliphatic carbocycles. The number of primary amides is 1. The van der Waals surface area contributed by atoms with Crippen molar-refractivity contribution in [3.05, 3.63) is 0 Å². The normalized spacial score (nSPS) is 21.9. The van der Waals surface area contributed by atoms with Crippen LogP contribution in [0.1, 0.15) is 39.5 Å². The summed E-state index contributed by atoms with van der Waals surface area (Å²) in [4.78, 5) is 36.0. The van der Waals surface area contributed by atoms with E-state index in [0.29, 0.717) is 19.4 Å². The van der Waals surface area contributed by atoms with Crippen molar-refractivity contribution in [1.82, 2.24) is 10.2 Å². The Hall–Kier alpha value is -1.79. The Bertz CT molecular complexity index is 399. The highest BCUT2D eigenvalue weighted by Crippen LogP contribution is 2.21. The number of amides is 3. The van der Waals surface area contributed by atoms with Gasteiger partial charge in [-0.25, -0.2) is 4.79 Å². The number of likely N-dealkylation sites (tertiary alicyclic amines) is 1. The molecule has 2 atom stereocenters. The zero-order chi connectivity index (χ0) is 15.3. The fraction of sp³-hybridized carbons (Fsp3) is 0.769. The van der Waals surface area contributed by atoms with Crippen molar-refractivity contribution in [3.8, 4) is 0 Å². The van der Waals surface area contributed by atoms with E-state index in [4.69, 9.17) is 10.8 Å². The van der Waals surface area contributed by atoms with Crippen LogP contribution in [0.5, 0.6) is 0 Å². The molecule has 0 aromatic carbocycles. The summed E-state index contributed by atoms with van der Waals surface area (Å²) >= 11 is 0. The molecule has 114 valence electrons. The van der Waals surface area contributed by atoms with Crippen molar-refractivity contribution < 1.29 is 19.5 Å². The molecule has 1 heterocycles. The first-order valence-corrected chi connectivity index (χ1v) is 6.89. The average Bonchev–Trinajstić information content (AvgIpc) is 2.44. The van der Waals surface area contributed by atoms with Crippen molar-refractivity contribution in [2.45, 2.75) is 45.6 Å². The first kappa shape index (κ1) is 16.3. The lowest BCUT2D eigenvalue weighted by molar-refractivity contribution is -0.147. The van der Waals surface area contributed by atoms with Gasteiger partial charge in [0.05, 0.1) is 5.41 Å². The highest BCUT2D eigenvalue weighted by molar-refractivity contribution is 5.86. The van der Waals surface area contributed by atoms with E-state index in [2.05, 4.69) is 5.32 Å². The quantitative estimate of drug-likeness (QED) is 0.684. The third-order valence-electron chi connectivity index (χ3n) is 4.02. The van der Waals surface area contributed by atoms with Gasteiger partial charge in [-0.1, -0.05) is 6.92 Å². The standard InChI is InChI=1S/C13H23N3O4/c1-3-13(2,11(18)19)8-15-12(20)16-7-5-4-6-9(16)10(14)17/h9H,3-8H2,1-2H3,(H2,14,17)(H,15,20)(H,18,19). The SMILES string of the molecule is CCC(C)(CNC(=O)N1CCCCC1C(N)=O)C(=O)O. The summed E-state index contributed by atoms with van der Waals surface area (Å²) in [6.45, 7) is 3.83. The maximum absolute atomic E-state index is 12.1. The number of hydrogen-bond donors (Lipinski definition) is 3. The molecule has 0 aromatic heterocycles. The molecule has 7 heteroatoms. The Balaban J connectivity index is 2.65. The molecule has 1 aliphatic rings. The maximum atomic E-state index is 12.1. The second-order valence-electron chi connectivity index (χ2n) is 5.49. The molecular weight excluding hydrogens is 262 g/mol. The predicted molar refractivity (Wildman–Crippen MR) is 73.0 cm³/mol. The number of nitrogens with one attached hydrogen (secondary N) is 1. The summed E-state index contributed by atoms with van der Waals surface area (Å²) in [6, 6.07) is -1.02. The van der Waals surface area contributed by atoms with Crippen LogP contribution in [-0.2, 0) is 9.59 Å². The van der Waals surface area contributed by atoms with Gasteiger partial charge in [0.15, 0.2) is 0 Å². The van der Waals surface area contributed by atoms with E-state index in [1.165, 1.54) is 4.90 Å². The molecule has 0 aromatic rings. The maximum Gasteiger partial charge on any atom is 0.318 e. The average molecular weight is 285 g/mol. The zero-order valence-electron chi connectivity index (χ0n) is 12.0. The Labute approximate surface area is 118 Å². The highest BCUT2D eigenvalue weighted by Gasteiger charge is 2.34. The fourth-order valence-electron chi connectivity index (χ4n) is 2.19. The largest absolute Gasteiger partial charge is 0.481 e. The number of urea groups is 1. The Kier molecular flexibility index (Phi) is 5.35. The van der Waals surface area contributed by atoms with E-state index in [0.717, 1.165) is 12.8 Å². The molecule has 3 amide bonds. The Morgan fingerprint density at radius 3 is 2.55 bits per heavy atom.